The highest BCUT2D eigenvalue weighted by Gasteiger charge is 2.42. The van der Waals surface area contributed by atoms with Crippen molar-refractivity contribution < 1.29 is 14.7 Å². The average molecular weight is 378 g/mol. The van der Waals surface area contributed by atoms with E-state index < -0.39 is 0 Å². The fraction of sp³-hybridized carbons (Fsp3) is 0.579. The lowest BCUT2D eigenvalue weighted by atomic mass is 10.0. The molecule has 0 aliphatic carbocycles. The number of carbonyl (C=O) groups excluding carboxylic acids is 2. The van der Waals surface area contributed by atoms with E-state index in [1.807, 2.05) is 42.1 Å². The molecule has 4 N–H and O–H groups in total. The Kier molecular flexibility index (Phi) is 6.80. The molecule has 2 aliphatic rings. The van der Waals surface area contributed by atoms with Gasteiger partial charge in [-0.3, -0.25) is 4.79 Å². The van der Waals surface area contributed by atoms with Crippen LogP contribution in [0.1, 0.15) is 31.2 Å². The lowest BCUT2D eigenvalue weighted by Crippen LogP contribution is -2.39. The predicted octanol–water partition coefficient (Wildman–Crippen LogP) is 1.43. The van der Waals surface area contributed by atoms with E-state index in [0.29, 0.717) is 18.1 Å². The largest absolute Gasteiger partial charge is 0.394 e. The molecule has 26 heavy (non-hydrogen) atoms. The van der Waals surface area contributed by atoms with Gasteiger partial charge in [-0.1, -0.05) is 36.8 Å². The van der Waals surface area contributed by atoms with Crippen LogP contribution in [0.15, 0.2) is 30.3 Å². The summed E-state index contributed by atoms with van der Waals surface area (Å²) >= 11 is 1.90. The first kappa shape index (κ1) is 19.0. The molecule has 2 fully saturated rings. The van der Waals surface area contributed by atoms with Crippen LogP contribution in [0.5, 0.6) is 0 Å². The van der Waals surface area contributed by atoms with Crippen LogP contribution in [0.4, 0.5) is 4.79 Å². The molecule has 1 aromatic rings. The number of unbranched alkanes of at least 4 members (excludes halogenated alkanes) is 1. The third-order valence-corrected chi connectivity index (χ3v) is 6.50. The smallest absolute Gasteiger partial charge is 0.315 e. The number of thioether (sulfide) groups is 1. The van der Waals surface area contributed by atoms with E-state index >= 15 is 0 Å². The van der Waals surface area contributed by atoms with Gasteiger partial charge >= 0.3 is 6.03 Å². The molecule has 0 radical (unpaired) electrons. The highest BCUT2D eigenvalue weighted by molar-refractivity contribution is 8.00. The number of nitrogens with one attached hydrogen (secondary N) is 3. The van der Waals surface area contributed by atoms with Crippen LogP contribution in [-0.4, -0.2) is 52.8 Å². The van der Waals surface area contributed by atoms with E-state index in [-0.39, 0.29) is 36.7 Å². The fourth-order valence-electron chi connectivity index (χ4n) is 3.63. The van der Waals surface area contributed by atoms with Crippen LogP contribution < -0.4 is 16.0 Å². The van der Waals surface area contributed by atoms with Crippen molar-refractivity contribution >= 4 is 23.7 Å². The van der Waals surface area contributed by atoms with Gasteiger partial charge in [-0.05, 0) is 24.8 Å². The third-order valence-electron chi connectivity index (χ3n) is 4.99. The van der Waals surface area contributed by atoms with Crippen molar-refractivity contribution in [2.75, 3.05) is 12.4 Å². The SMILES string of the molecule is O=C(CCCCC1SC[C@@H]2NC(=O)N[C@H]12)N[C@H](CO)Cc1ccccc1. The fourth-order valence-corrected chi connectivity index (χ4v) is 5.18. The summed E-state index contributed by atoms with van der Waals surface area (Å²) in [6.45, 7) is -0.0604. The Morgan fingerprint density at radius 2 is 2.08 bits per heavy atom. The summed E-state index contributed by atoms with van der Waals surface area (Å²) in [6, 6.07) is 10.0. The van der Waals surface area contributed by atoms with E-state index in [1.54, 1.807) is 0 Å². The van der Waals surface area contributed by atoms with Gasteiger partial charge in [-0.2, -0.15) is 11.8 Å². The summed E-state index contributed by atoms with van der Waals surface area (Å²) in [6.07, 6.45) is 3.91. The molecule has 1 aromatic carbocycles. The van der Waals surface area contributed by atoms with Gasteiger partial charge in [-0.15, -0.1) is 0 Å². The van der Waals surface area contributed by atoms with Crippen molar-refractivity contribution in [2.24, 2.45) is 0 Å². The summed E-state index contributed by atoms with van der Waals surface area (Å²) in [5.74, 6) is 0.958. The molecule has 6 nitrogen and oxygen atoms in total. The van der Waals surface area contributed by atoms with Gasteiger partial charge in [0.1, 0.15) is 0 Å². The summed E-state index contributed by atoms with van der Waals surface area (Å²) in [7, 11) is 0. The maximum absolute atomic E-state index is 12.1. The van der Waals surface area contributed by atoms with E-state index in [0.717, 1.165) is 30.6 Å². The minimum absolute atomic E-state index is 0.00670. The number of hydrogen-bond donors (Lipinski definition) is 4. The highest BCUT2D eigenvalue weighted by atomic mass is 32.2. The van der Waals surface area contributed by atoms with Crippen LogP contribution in [0.3, 0.4) is 0 Å². The molecule has 0 bridgehead atoms. The lowest BCUT2D eigenvalue weighted by Gasteiger charge is -2.18. The average Bonchev–Trinajstić information content (AvgIpc) is 3.18. The van der Waals surface area contributed by atoms with Crippen molar-refractivity contribution in [3.05, 3.63) is 35.9 Å². The van der Waals surface area contributed by atoms with E-state index in [4.69, 9.17) is 0 Å². The van der Waals surface area contributed by atoms with E-state index in [9.17, 15) is 14.7 Å². The molecular formula is C19H27N3O3S. The first-order valence-electron chi connectivity index (χ1n) is 9.28. The van der Waals surface area contributed by atoms with Crippen LogP contribution in [0, 0.1) is 0 Å². The van der Waals surface area contributed by atoms with E-state index in [2.05, 4.69) is 16.0 Å². The number of aliphatic hydroxyl groups is 1. The molecule has 2 saturated heterocycles. The zero-order valence-corrected chi connectivity index (χ0v) is 15.6. The Hall–Kier alpha value is -1.73. The summed E-state index contributed by atoms with van der Waals surface area (Å²) in [5.41, 5.74) is 1.10. The molecule has 2 aliphatic heterocycles. The number of benzene rings is 1. The Labute approximate surface area is 158 Å². The monoisotopic (exact) mass is 377 g/mol. The number of hydrogen-bond acceptors (Lipinski definition) is 4. The Morgan fingerprint density at radius 3 is 2.85 bits per heavy atom. The number of amides is 3. The maximum Gasteiger partial charge on any atom is 0.315 e. The molecule has 4 atom stereocenters. The van der Waals surface area contributed by atoms with Crippen molar-refractivity contribution in [3.8, 4) is 0 Å². The van der Waals surface area contributed by atoms with Crippen LogP contribution >= 0.6 is 11.8 Å². The van der Waals surface area contributed by atoms with Gasteiger partial charge < -0.3 is 21.1 Å². The van der Waals surface area contributed by atoms with Crippen molar-refractivity contribution in [1.29, 1.82) is 0 Å². The summed E-state index contributed by atoms with van der Waals surface area (Å²) in [4.78, 5) is 23.5. The number of rotatable bonds is 9. The van der Waals surface area contributed by atoms with Gasteiger partial charge in [-0.25, -0.2) is 4.79 Å². The highest BCUT2D eigenvalue weighted by Crippen LogP contribution is 2.33. The van der Waals surface area contributed by atoms with E-state index in [1.165, 1.54) is 0 Å². The molecule has 0 aromatic heterocycles. The van der Waals surface area contributed by atoms with Gasteiger partial charge in [0.2, 0.25) is 5.91 Å². The molecule has 0 saturated carbocycles. The standard InChI is InChI=1S/C19H27N3O3S/c23-11-14(10-13-6-2-1-3-7-13)20-17(24)9-5-4-8-16-18-15(12-26-16)21-19(25)22-18/h1-3,6-7,14-16,18,23H,4-5,8-12H2,(H,20,24)(H2,21,22,25)/t14-,15-,16?,18-/m0/s1. The zero-order chi connectivity index (χ0) is 18.4. The predicted molar refractivity (Wildman–Crippen MR) is 103 cm³/mol. The van der Waals surface area contributed by atoms with Crippen LogP contribution in [0.25, 0.3) is 0 Å². The molecule has 142 valence electrons. The Morgan fingerprint density at radius 1 is 1.27 bits per heavy atom. The number of fused-ring (bicyclic) bond motifs is 1. The second-order valence-electron chi connectivity index (χ2n) is 7.00. The minimum atomic E-state index is -0.240. The molecule has 2 heterocycles. The normalized spacial score (nSPS) is 25.3. The van der Waals surface area contributed by atoms with Gasteiger partial charge in [0.25, 0.3) is 0 Å². The van der Waals surface area contributed by atoms with Crippen molar-refractivity contribution in [2.45, 2.75) is 55.5 Å². The molecule has 1 unspecified atom stereocenters. The maximum atomic E-state index is 12.1. The first-order chi connectivity index (χ1) is 12.7. The third kappa shape index (κ3) is 5.14. The van der Waals surface area contributed by atoms with Gasteiger partial charge in [0.05, 0.1) is 24.7 Å². The number of carbonyl (C=O) groups is 2. The quantitative estimate of drug-likeness (QED) is 0.387. The lowest BCUT2D eigenvalue weighted by molar-refractivity contribution is -0.122. The molecule has 3 rings (SSSR count). The van der Waals surface area contributed by atoms with Crippen LogP contribution in [-0.2, 0) is 11.2 Å². The van der Waals surface area contributed by atoms with Crippen molar-refractivity contribution in [3.63, 3.8) is 0 Å². The second kappa shape index (κ2) is 9.28. The van der Waals surface area contributed by atoms with Gasteiger partial charge in [0.15, 0.2) is 0 Å². The second-order valence-corrected chi connectivity index (χ2v) is 8.28. The zero-order valence-electron chi connectivity index (χ0n) is 14.8. The topological polar surface area (TPSA) is 90.5 Å². The van der Waals surface area contributed by atoms with Gasteiger partial charge in [0, 0.05) is 17.4 Å². The number of aliphatic hydroxyl groups excluding tert-OH is 1. The van der Waals surface area contributed by atoms with Crippen molar-refractivity contribution in [1.82, 2.24) is 16.0 Å². The molecular weight excluding hydrogens is 350 g/mol. The molecule has 3 amide bonds. The summed E-state index contributed by atoms with van der Waals surface area (Å²) < 4.78 is 0. The molecule has 0 spiro atoms. The summed E-state index contributed by atoms with van der Waals surface area (Å²) in [5, 5.41) is 18.8. The Bertz CT molecular complexity index is 613. The minimum Gasteiger partial charge on any atom is -0.394 e. The number of urea groups is 1. The Balaban J connectivity index is 1.33. The molecule has 7 heteroatoms. The van der Waals surface area contributed by atoms with Crippen LogP contribution in [0.2, 0.25) is 0 Å². The first-order valence-corrected chi connectivity index (χ1v) is 10.3.